The van der Waals surface area contributed by atoms with E-state index in [2.05, 4.69) is 21.2 Å². The number of fused-ring (bicyclic) bond motifs is 1. The van der Waals surface area contributed by atoms with Crippen molar-refractivity contribution in [3.05, 3.63) is 32.5 Å². The Morgan fingerprint density at radius 1 is 1.10 bits per heavy atom. The lowest BCUT2D eigenvalue weighted by molar-refractivity contribution is -0.144. The molecule has 31 heavy (non-hydrogen) atoms. The molecule has 3 amide bonds. The molecule has 0 unspecified atom stereocenters. The van der Waals surface area contributed by atoms with Gasteiger partial charge in [-0.3, -0.25) is 14.4 Å². The highest BCUT2D eigenvalue weighted by Crippen LogP contribution is 2.41. The number of benzene rings is 1. The van der Waals surface area contributed by atoms with Gasteiger partial charge in [-0.05, 0) is 37.5 Å². The second-order valence-corrected chi connectivity index (χ2v) is 8.57. The van der Waals surface area contributed by atoms with Crippen molar-refractivity contribution in [3.63, 3.8) is 0 Å². The third-order valence-electron chi connectivity index (χ3n) is 5.71. The van der Waals surface area contributed by atoms with Gasteiger partial charge in [0.05, 0.1) is 5.52 Å². The lowest BCUT2D eigenvalue weighted by Gasteiger charge is -2.32. The molecule has 4 rings (SSSR count). The standard InChI is InChI=1S/C20H21BrN4O6/c1-10-13(21)5-4-12-15(10)25(11-2-3-11)18(28)14(16(12)26)22-17(27)19(29)23-6-8-24(9-7-23)20(30)31/h4-5,11,26H,2-3,6-9H2,1H3,(H,22,27)(H,30,31). The van der Waals surface area contributed by atoms with Crippen molar-refractivity contribution in [1.29, 1.82) is 0 Å². The first-order valence-corrected chi connectivity index (χ1v) is 10.6. The predicted octanol–water partition coefficient (Wildman–Crippen LogP) is 1.87. The molecule has 0 radical (unpaired) electrons. The van der Waals surface area contributed by atoms with Gasteiger partial charge in [-0.15, -0.1) is 0 Å². The molecule has 10 nitrogen and oxygen atoms in total. The van der Waals surface area contributed by atoms with Gasteiger partial charge < -0.3 is 29.9 Å². The summed E-state index contributed by atoms with van der Waals surface area (Å²) in [6.07, 6.45) is 0.540. The second kappa shape index (κ2) is 7.88. The van der Waals surface area contributed by atoms with Gasteiger partial charge in [0.15, 0.2) is 11.4 Å². The van der Waals surface area contributed by atoms with E-state index in [1.54, 1.807) is 16.7 Å². The Morgan fingerprint density at radius 2 is 1.71 bits per heavy atom. The molecule has 1 saturated heterocycles. The quantitative estimate of drug-likeness (QED) is 0.548. The van der Waals surface area contributed by atoms with Crippen LogP contribution in [0.25, 0.3) is 10.9 Å². The van der Waals surface area contributed by atoms with Crippen molar-refractivity contribution < 1.29 is 24.6 Å². The highest BCUT2D eigenvalue weighted by molar-refractivity contribution is 9.10. The number of carbonyl (C=O) groups is 3. The smallest absolute Gasteiger partial charge is 0.407 e. The van der Waals surface area contributed by atoms with Gasteiger partial charge in [-0.2, -0.15) is 0 Å². The summed E-state index contributed by atoms with van der Waals surface area (Å²) >= 11 is 3.45. The number of amides is 3. The van der Waals surface area contributed by atoms with Gasteiger partial charge in [-0.1, -0.05) is 15.9 Å². The number of pyridine rings is 1. The van der Waals surface area contributed by atoms with Crippen LogP contribution in [0.3, 0.4) is 0 Å². The number of anilines is 1. The topological polar surface area (TPSA) is 132 Å². The average Bonchev–Trinajstić information content (AvgIpc) is 3.58. The number of rotatable bonds is 2. The monoisotopic (exact) mass is 492 g/mol. The fourth-order valence-electron chi connectivity index (χ4n) is 3.84. The molecule has 2 heterocycles. The summed E-state index contributed by atoms with van der Waals surface area (Å²) in [5.74, 6) is -2.31. The molecule has 0 atom stereocenters. The molecule has 2 fully saturated rings. The first kappa shape index (κ1) is 21.2. The van der Waals surface area contributed by atoms with E-state index in [-0.39, 0.29) is 43.7 Å². The number of nitrogens with one attached hydrogen (secondary N) is 1. The zero-order valence-electron chi connectivity index (χ0n) is 16.7. The molecule has 1 aliphatic carbocycles. The minimum atomic E-state index is -1.08. The third kappa shape index (κ3) is 3.73. The zero-order valence-corrected chi connectivity index (χ0v) is 18.3. The SMILES string of the molecule is Cc1c(Br)ccc2c(O)c(NC(=O)C(=O)N3CCN(C(=O)O)CC3)c(=O)n(C3CC3)c12. The predicted molar refractivity (Wildman–Crippen MR) is 115 cm³/mol. The lowest BCUT2D eigenvalue weighted by Crippen LogP contribution is -2.52. The lowest BCUT2D eigenvalue weighted by atomic mass is 10.1. The number of hydrogen-bond donors (Lipinski definition) is 3. The largest absolute Gasteiger partial charge is 0.505 e. The van der Waals surface area contributed by atoms with Crippen LogP contribution in [0.1, 0.15) is 24.4 Å². The first-order chi connectivity index (χ1) is 14.7. The van der Waals surface area contributed by atoms with E-state index in [0.29, 0.717) is 10.9 Å². The Hall–Kier alpha value is -3.08. The van der Waals surface area contributed by atoms with Crippen LogP contribution in [0.2, 0.25) is 0 Å². The normalized spacial score (nSPS) is 16.5. The van der Waals surface area contributed by atoms with Gasteiger partial charge in [-0.25, -0.2) is 4.79 Å². The molecule has 1 aromatic heterocycles. The Kier molecular flexibility index (Phi) is 5.38. The second-order valence-electron chi connectivity index (χ2n) is 7.71. The van der Waals surface area contributed by atoms with Crippen molar-refractivity contribution in [2.75, 3.05) is 31.5 Å². The summed E-state index contributed by atoms with van der Waals surface area (Å²) < 4.78 is 2.36. The van der Waals surface area contributed by atoms with E-state index >= 15 is 0 Å². The number of nitrogens with zero attached hydrogens (tertiary/aromatic N) is 3. The summed E-state index contributed by atoms with van der Waals surface area (Å²) in [6, 6.07) is 3.37. The maximum Gasteiger partial charge on any atom is 0.407 e. The average molecular weight is 493 g/mol. The van der Waals surface area contributed by atoms with Crippen molar-refractivity contribution in [2.45, 2.75) is 25.8 Å². The summed E-state index contributed by atoms with van der Waals surface area (Å²) in [5.41, 5.74) is 0.490. The summed E-state index contributed by atoms with van der Waals surface area (Å²) in [7, 11) is 0. The van der Waals surface area contributed by atoms with Crippen LogP contribution < -0.4 is 10.9 Å². The van der Waals surface area contributed by atoms with Crippen LogP contribution in [-0.4, -0.2) is 68.7 Å². The van der Waals surface area contributed by atoms with Crippen molar-refractivity contribution in [2.24, 2.45) is 0 Å². The van der Waals surface area contributed by atoms with E-state index in [9.17, 15) is 24.3 Å². The summed E-state index contributed by atoms with van der Waals surface area (Å²) in [5, 5.41) is 22.5. The van der Waals surface area contributed by atoms with Crippen LogP contribution in [0.4, 0.5) is 10.5 Å². The molecular weight excluding hydrogens is 472 g/mol. The van der Waals surface area contributed by atoms with Gasteiger partial charge in [0, 0.05) is 42.1 Å². The number of hydrogen-bond acceptors (Lipinski definition) is 5. The molecule has 0 bridgehead atoms. The minimum absolute atomic E-state index is 0.0287. The van der Waals surface area contributed by atoms with E-state index in [1.165, 1.54) is 4.90 Å². The summed E-state index contributed by atoms with van der Waals surface area (Å²) in [6.45, 7) is 2.17. The fourth-order valence-corrected chi connectivity index (χ4v) is 4.16. The number of aromatic nitrogens is 1. The Labute approximate surface area is 185 Å². The van der Waals surface area contributed by atoms with Crippen LogP contribution in [0.5, 0.6) is 5.75 Å². The van der Waals surface area contributed by atoms with Crippen LogP contribution in [0.15, 0.2) is 21.4 Å². The van der Waals surface area contributed by atoms with E-state index in [0.717, 1.165) is 27.8 Å². The number of halogens is 1. The Morgan fingerprint density at radius 3 is 2.29 bits per heavy atom. The van der Waals surface area contributed by atoms with Crippen molar-refractivity contribution in [3.8, 4) is 5.75 Å². The molecule has 2 aromatic rings. The van der Waals surface area contributed by atoms with Crippen LogP contribution in [0, 0.1) is 6.92 Å². The molecular formula is C20H21BrN4O6. The number of piperazine rings is 1. The van der Waals surface area contributed by atoms with Crippen LogP contribution >= 0.6 is 15.9 Å². The number of carbonyl (C=O) groups excluding carboxylic acids is 2. The van der Waals surface area contributed by atoms with Gasteiger partial charge in [0.25, 0.3) is 5.56 Å². The third-order valence-corrected chi connectivity index (χ3v) is 6.57. The van der Waals surface area contributed by atoms with Gasteiger partial charge >= 0.3 is 17.9 Å². The van der Waals surface area contributed by atoms with Gasteiger partial charge in [0.1, 0.15) is 0 Å². The first-order valence-electron chi connectivity index (χ1n) is 9.85. The van der Waals surface area contributed by atoms with Crippen LogP contribution in [-0.2, 0) is 9.59 Å². The molecule has 3 N–H and O–H groups in total. The molecule has 11 heteroatoms. The minimum Gasteiger partial charge on any atom is -0.505 e. The Bertz CT molecular complexity index is 1160. The molecule has 1 saturated carbocycles. The number of aryl methyl sites for hydroxylation is 1. The molecule has 2 aliphatic rings. The molecule has 1 aliphatic heterocycles. The van der Waals surface area contributed by atoms with Crippen molar-refractivity contribution in [1.82, 2.24) is 14.4 Å². The maximum absolute atomic E-state index is 13.2. The number of carboxylic acid groups (broad SMARTS) is 1. The van der Waals surface area contributed by atoms with Gasteiger partial charge in [0.2, 0.25) is 0 Å². The molecule has 164 valence electrons. The van der Waals surface area contributed by atoms with Crippen molar-refractivity contribution >= 4 is 50.4 Å². The van der Waals surface area contributed by atoms with E-state index < -0.39 is 23.5 Å². The highest BCUT2D eigenvalue weighted by Gasteiger charge is 2.32. The van der Waals surface area contributed by atoms with E-state index in [1.807, 2.05) is 6.92 Å². The molecule has 0 spiro atoms. The maximum atomic E-state index is 13.2. The fraction of sp³-hybridized carbons (Fsp3) is 0.400. The number of aromatic hydroxyl groups is 1. The highest BCUT2D eigenvalue weighted by atomic mass is 79.9. The molecule has 1 aromatic carbocycles. The zero-order chi connectivity index (χ0) is 22.4. The van der Waals surface area contributed by atoms with E-state index in [4.69, 9.17) is 5.11 Å². The summed E-state index contributed by atoms with van der Waals surface area (Å²) in [4.78, 5) is 51.7. The Balaban J connectivity index is 1.65.